The minimum absolute atomic E-state index is 0.113. The Kier molecular flexibility index (Phi) is 8.82. The van der Waals surface area contributed by atoms with E-state index in [9.17, 15) is 24.3 Å². The fourth-order valence-corrected chi connectivity index (χ4v) is 4.43. The highest BCUT2D eigenvalue weighted by atomic mass is 16.6. The molecule has 10 nitrogen and oxygen atoms in total. The molecule has 2 rings (SSSR count). The normalized spacial score (nSPS) is 25.3. The van der Waals surface area contributed by atoms with Gasteiger partial charge in [0.25, 0.3) is 0 Å². The first-order chi connectivity index (χ1) is 15.6. The molecule has 2 aliphatic heterocycles. The second kappa shape index (κ2) is 10.8. The van der Waals surface area contributed by atoms with Crippen LogP contribution in [0.25, 0.3) is 0 Å². The Balaban J connectivity index is 1.91. The molecule has 4 unspecified atom stereocenters. The molecule has 0 spiro atoms. The van der Waals surface area contributed by atoms with Crippen molar-refractivity contribution in [2.24, 2.45) is 0 Å². The molecule has 2 aliphatic rings. The van der Waals surface area contributed by atoms with Gasteiger partial charge in [-0.05, 0) is 87.0 Å². The minimum atomic E-state index is -1.06. The van der Waals surface area contributed by atoms with Crippen molar-refractivity contribution in [2.75, 3.05) is 6.61 Å². The molecule has 2 amide bonds. The van der Waals surface area contributed by atoms with E-state index >= 15 is 0 Å². The number of carbonyl (C=O) groups is 4. The maximum absolute atomic E-state index is 12.7. The van der Waals surface area contributed by atoms with Crippen LogP contribution in [0.3, 0.4) is 0 Å². The monoisotopic (exact) mass is 484 g/mol. The molecule has 0 aromatic heterocycles. The molecule has 0 radical (unpaired) electrons. The summed E-state index contributed by atoms with van der Waals surface area (Å²) in [6.07, 6.45) is 1.84. The van der Waals surface area contributed by atoms with E-state index in [0.717, 1.165) is 0 Å². The van der Waals surface area contributed by atoms with Crippen molar-refractivity contribution in [1.82, 2.24) is 9.80 Å². The first-order valence-electron chi connectivity index (χ1n) is 12.0. The van der Waals surface area contributed by atoms with Crippen LogP contribution in [0.1, 0.15) is 87.0 Å². The van der Waals surface area contributed by atoms with Crippen molar-refractivity contribution < 1.29 is 38.5 Å². The van der Waals surface area contributed by atoms with Crippen LogP contribution in [0.4, 0.5) is 9.59 Å². The second-order valence-corrected chi connectivity index (χ2v) is 11.1. The molecular weight excluding hydrogens is 444 g/mol. The van der Waals surface area contributed by atoms with Crippen molar-refractivity contribution in [3.05, 3.63) is 0 Å². The number of carboxylic acid groups (broad SMARTS) is 1. The first-order valence-corrected chi connectivity index (χ1v) is 12.0. The second-order valence-electron chi connectivity index (χ2n) is 11.1. The standard InChI is InChI=1S/C24H40N2O8/c1-15-10-12-18(25(15)21(30)33-23(2,3)4)20(29)32-14-8-9-16-11-13-17(19(27)28)26(16)22(31)34-24(5,6)7/h15-18H,8-14H2,1-7H3,(H,27,28). The number of hydrogen-bond acceptors (Lipinski definition) is 7. The van der Waals surface area contributed by atoms with Crippen molar-refractivity contribution in [3.63, 3.8) is 0 Å². The molecule has 0 bridgehead atoms. The lowest BCUT2D eigenvalue weighted by Gasteiger charge is -2.31. The Morgan fingerprint density at radius 2 is 1.35 bits per heavy atom. The lowest BCUT2D eigenvalue weighted by atomic mass is 10.1. The van der Waals surface area contributed by atoms with Crippen molar-refractivity contribution in [2.45, 2.75) is 122 Å². The number of nitrogens with zero attached hydrogens (tertiary/aromatic N) is 2. The minimum Gasteiger partial charge on any atom is -0.480 e. The van der Waals surface area contributed by atoms with Gasteiger partial charge in [-0.2, -0.15) is 0 Å². The highest BCUT2D eigenvalue weighted by molar-refractivity contribution is 5.82. The summed E-state index contributed by atoms with van der Waals surface area (Å²) in [4.78, 5) is 52.3. The third-order valence-electron chi connectivity index (χ3n) is 5.86. The van der Waals surface area contributed by atoms with E-state index in [0.29, 0.717) is 38.5 Å². The number of ether oxygens (including phenoxy) is 3. The summed E-state index contributed by atoms with van der Waals surface area (Å²) in [5.74, 6) is -1.54. The molecule has 0 aromatic carbocycles. The molecule has 34 heavy (non-hydrogen) atoms. The topological polar surface area (TPSA) is 123 Å². The highest BCUT2D eigenvalue weighted by Gasteiger charge is 2.43. The largest absolute Gasteiger partial charge is 0.480 e. The number of aliphatic carboxylic acids is 1. The number of rotatable bonds is 6. The van der Waals surface area contributed by atoms with Crippen molar-refractivity contribution >= 4 is 24.1 Å². The summed E-state index contributed by atoms with van der Waals surface area (Å²) < 4.78 is 16.3. The third-order valence-corrected chi connectivity index (χ3v) is 5.86. The SMILES string of the molecule is CC1CCC(C(=O)OCCCC2CCC(C(=O)O)N2C(=O)OC(C)(C)C)N1C(=O)OC(C)(C)C. The van der Waals surface area contributed by atoms with Gasteiger partial charge in [-0.25, -0.2) is 19.2 Å². The molecule has 0 saturated carbocycles. The van der Waals surface area contributed by atoms with Gasteiger partial charge in [-0.1, -0.05) is 0 Å². The fraction of sp³-hybridized carbons (Fsp3) is 0.833. The molecule has 4 atom stereocenters. The molecule has 2 saturated heterocycles. The predicted molar refractivity (Wildman–Crippen MR) is 123 cm³/mol. The van der Waals surface area contributed by atoms with Gasteiger partial charge in [0.05, 0.1) is 6.61 Å². The zero-order valence-electron chi connectivity index (χ0n) is 21.5. The van der Waals surface area contributed by atoms with Crippen LogP contribution in [0.15, 0.2) is 0 Å². The summed E-state index contributed by atoms with van der Waals surface area (Å²) in [6, 6.07) is -2.05. The van der Waals surface area contributed by atoms with Crippen LogP contribution in [-0.4, -0.2) is 81.0 Å². The summed E-state index contributed by atoms with van der Waals surface area (Å²) in [6.45, 7) is 12.5. The van der Waals surface area contributed by atoms with E-state index in [-0.39, 0.29) is 18.7 Å². The third kappa shape index (κ3) is 7.50. The van der Waals surface area contributed by atoms with Gasteiger partial charge in [0, 0.05) is 12.1 Å². The van der Waals surface area contributed by atoms with Crippen LogP contribution in [-0.2, 0) is 23.8 Å². The van der Waals surface area contributed by atoms with Crippen LogP contribution in [0, 0.1) is 0 Å². The lowest BCUT2D eigenvalue weighted by Crippen LogP contribution is -2.47. The Hall–Kier alpha value is -2.52. The van der Waals surface area contributed by atoms with E-state index in [1.54, 1.807) is 41.5 Å². The first kappa shape index (κ1) is 27.7. The van der Waals surface area contributed by atoms with Crippen LogP contribution >= 0.6 is 0 Å². The van der Waals surface area contributed by atoms with Crippen molar-refractivity contribution in [1.29, 1.82) is 0 Å². The fourth-order valence-electron chi connectivity index (χ4n) is 4.43. The molecule has 10 heteroatoms. The van der Waals surface area contributed by atoms with Crippen LogP contribution in [0.5, 0.6) is 0 Å². The smallest absolute Gasteiger partial charge is 0.411 e. The number of likely N-dealkylation sites (tertiary alicyclic amines) is 2. The summed E-state index contributed by atoms with van der Waals surface area (Å²) in [7, 11) is 0. The lowest BCUT2D eigenvalue weighted by molar-refractivity contribution is -0.149. The van der Waals surface area contributed by atoms with Gasteiger partial charge in [0.2, 0.25) is 0 Å². The van der Waals surface area contributed by atoms with Gasteiger partial charge in [0.1, 0.15) is 23.3 Å². The van der Waals surface area contributed by atoms with Gasteiger partial charge in [-0.3, -0.25) is 9.80 Å². The molecule has 1 N–H and O–H groups in total. The molecular formula is C24H40N2O8. The van der Waals surface area contributed by atoms with Crippen LogP contribution < -0.4 is 0 Å². The average molecular weight is 485 g/mol. The maximum atomic E-state index is 12.7. The van der Waals surface area contributed by atoms with E-state index in [4.69, 9.17) is 14.2 Å². The summed E-state index contributed by atoms with van der Waals surface area (Å²) in [5.41, 5.74) is -1.40. The Morgan fingerprint density at radius 1 is 0.824 bits per heavy atom. The predicted octanol–water partition coefficient (Wildman–Crippen LogP) is 3.95. The Bertz CT molecular complexity index is 770. The molecule has 194 valence electrons. The zero-order chi connectivity index (χ0) is 25.8. The van der Waals surface area contributed by atoms with Gasteiger partial charge < -0.3 is 19.3 Å². The molecule has 0 aromatic rings. The number of amides is 2. The summed E-state index contributed by atoms with van der Waals surface area (Å²) in [5, 5.41) is 9.51. The van der Waals surface area contributed by atoms with E-state index in [1.165, 1.54) is 9.80 Å². The van der Waals surface area contributed by atoms with E-state index in [2.05, 4.69) is 0 Å². The highest BCUT2D eigenvalue weighted by Crippen LogP contribution is 2.30. The number of esters is 1. The number of carboxylic acids is 1. The molecule has 0 aliphatic carbocycles. The molecule has 2 fully saturated rings. The van der Waals surface area contributed by atoms with E-state index < -0.39 is 47.4 Å². The maximum Gasteiger partial charge on any atom is 0.411 e. The number of hydrogen-bond donors (Lipinski definition) is 1. The quantitative estimate of drug-likeness (QED) is 0.342. The number of carbonyl (C=O) groups excluding carboxylic acids is 3. The Labute approximate surface area is 201 Å². The Morgan fingerprint density at radius 3 is 1.88 bits per heavy atom. The van der Waals surface area contributed by atoms with Gasteiger partial charge in [-0.15, -0.1) is 0 Å². The zero-order valence-corrected chi connectivity index (χ0v) is 21.5. The average Bonchev–Trinajstić information content (AvgIpc) is 3.26. The van der Waals surface area contributed by atoms with Crippen LogP contribution in [0.2, 0.25) is 0 Å². The molecule has 2 heterocycles. The van der Waals surface area contributed by atoms with Crippen molar-refractivity contribution in [3.8, 4) is 0 Å². The van der Waals surface area contributed by atoms with E-state index in [1.807, 2.05) is 6.92 Å². The van der Waals surface area contributed by atoms with Gasteiger partial charge in [0.15, 0.2) is 0 Å². The summed E-state index contributed by atoms with van der Waals surface area (Å²) >= 11 is 0. The van der Waals surface area contributed by atoms with Gasteiger partial charge >= 0.3 is 24.1 Å².